The lowest BCUT2D eigenvalue weighted by molar-refractivity contribution is -0.122. The Morgan fingerprint density at radius 3 is 2.57 bits per heavy atom. The summed E-state index contributed by atoms with van der Waals surface area (Å²) >= 11 is 0. The Morgan fingerprint density at radius 2 is 1.96 bits per heavy atom. The minimum absolute atomic E-state index is 0.172. The van der Waals surface area contributed by atoms with Crippen molar-refractivity contribution in [3.8, 4) is 0 Å². The van der Waals surface area contributed by atoms with E-state index in [1.165, 1.54) is 0 Å². The van der Waals surface area contributed by atoms with E-state index in [1.807, 2.05) is 38.1 Å². The van der Waals surface area contributed by atoms with E-state index in [1.54, 1.807) is 22.0 Å². The summed E-state index contributed by atoms with van der Waals surface area (Å²) in [5, 5.41) is 4.20. The molecule has 3 rings (SSSR count). The first-order chi connectivity index (χ1) is 11.0. The highest BCUT2D eigenvalue weighted by Crippen LogP contribution is 2.25. The van der Waals surface area contributed by atoms with Crippen LogP contribution in [0.4, 0.5) is 0 Å². The molecule has 2 aromatic rings. The normalized spacial score (nSPS) is 17.2. The summed E-state index contributed by atoms with van der Waals surface area (Å²) in [5.74, 6) is -0.695. The minimum Gasteiger partial charge on any atom is -0.368 e. The number of primary amides is 1. The fraction of sp³-hybridized carbons (Fsp3) is 0.353. The molecule has 2 heterocycles. The highest BCUT2D eigenvalue weighted by molar-refractivity contribution is 5.97. The van der Waals surface area contributed by atoms with Crippen LogP contribution in [0.2, 0.25) is 0 Å². The molecule has 120 valence electrons. The summed E-state index contributed by atoms with van der Waals surface area (Å²) in [6.07, 6.45) is 3.71. The SMILES string of the molecule is CC(C)n1cc(C(=O)N2Cc3ccccc3C[C@H]2C(N)=O)cn1. The van der Waals surface area contributed by atoms with Crippen LogP contribution < -0.4 is 5.73 Å². The first-order valence-corrected chi connectivity index (χ1v) is 7.68. The van der Waals surface area contributed by atoms with Crippen molar-refractivity contribution in [1.82, 2.24) is 14.7 Å². The van der Waals surface area contributed by atoms with Gasteiger partial charge in [0.15, 0.2) is 0 Å². The molecule has 6 nitrogen and oxygen atoms in total. The summed E-state index contributed by atoms with van der Waals surface area (Å²) in [4.78, 5) is 26.2. The molecule has 2 N–H and O–H groups in total. The largest absolute Gasteiger partial charge is 0.368 e. The lowest BCUT2D eigenvalue weighted by Crippen LogP contribution is -2.51. The number of carbonyl (C=O) groups excluding carboxylic acids is 2. The van der Waals surface area contributed by atoms with Gasteiger partial charge in [-0.05, 0) is 25.0 Å². The summed E-state index contributed by atoms with van der Waals surface area (Å²) in [7, 11) is 0. The van der Waals surface area contributed by atoms with Gasteiger partial charge in [0.1, 0.15) is 6.04 Å². The highest BCUT2D eigenvalue weighted by atomic mass is 16.2. The Balaban J connectivity index is 1.92. The van der Waals surface area contributed by atoms with E-state index in [4.69, 9.17) is 5.73 Å². The molecule has 0 saturated heterocycles. The number of nitrogens with two attached hydrogens (primary N) is 1. The second-order valence-corrected chi connectivity index (χ2v) is 6.13. The summed E-state index contributed by atoms with van der Waals surface area (Å²) in [6.45, 7) is 4.37. The summed E-state index contributed by atoms with van der Waals surface area (Å²) in [6, 6.07) is 7.36. The van der Waals surface area contributed by atoms with E-state index in [-0.39, 0.29) is 11.9 Å². The van der Waals surface area contributed by atoms with Crippen molar-refractivity contribution in [2.24, 2.45) is 5.73 Å². The van der Waals surface area contributed by atoms with Gasteiger partial charge in [-0.3, -0.25) is 14.3 Å². The van der Waals surface area contributed by atoms with Crippen molar-refractivity contribution >= 4 is 11.8 Å². The maximum absolute atomic E-state index is 12.8. The van der Waals surface area contributed by atoms with E-state index in [2.05, 4.69) is 5.10 Å². The van der Waals surface area contributed by atoms with Gasteiger partial charge in [-0.25, -0.2) is 0 Å². The topological polar surface area (TPSA) is 81.2 Å². The van der Waals surface area contributed by atoms with Gasteiger partial charge >= 0.3 is 0 Å². The molecule has 1 aromatic carbocycles. The third kappa shape index (κ3) is 2.84. The molecule has 2 amide bonds. The second kappa shape index (κ2) is 5.87. The van der Waals surface area contributed by atoms with Gasteiger partial charge in [-0.1, -0.05) is 24.3 Å². The fourth-order valence-electron chi connectivity index (χ4n) is 2.89. The monoisotopic (exact) mass is 312 g/mol. The molecule has 0 aliphatic carbocycles. The number of nitrogens with zero attached hydrogens (tertiary/aromatic N) is 3. The quantitative estimate of drug-likeness (QED) is 0.933. The van der Waals surface area contributed by atoms with Gasteiger partial charge in [0.25, 0.3) is 5.91 Å². The average Bonchev–Trinajstić information content (AvgIpc) is 3.03. The molecule has 0 fully saturated rings. The third-order valence-corrected chi connectivity index (χ3v) is 4.22. The van der Waals surface area contributed by atoms with Crippen LogP contribution in [0.15, 0.2) is 36.7 Å². The molecule has 0 saturated carbocycles. The van der Waals surface area contributed by atoms with Crippen LogP contribution in [-0.2, 0) is 17.8 Å². The number of hydrogen-bond donors (Lipinski definition) is 1. The zero-order chi connectivity index (χ0) is 16.6. The summed E-state index contributed by atoms with van der Waals surface area (Å²) < 4.78 is 1.73. The van der Waals surface area contributed by atoms with Gasteiger partial charge in [-0.15, -0.1) is 0 Å². The highest BCUT2D eigenvalue weighted by Gasteiger charge is 2.34. The zero-order valence-corrected chi connectivity index (χ0v) is 13.3. The smallest absolute Gasteiger partial charge is 0.258 e. The molecular formula is C17H20N4O2. The van der Waals surface area contributed by atoms with Crippen LogP contribution in [0, 0.1) is 0 Å². The van der Waals surface area contributed by atoms with Crippen LogP contribution in [0.3, 0.4) is 0 Å². The number of hydrogen-bond acceptors (Lipinski definition) is 3. The Bertz CT molecular complexity index is 751. The molecule has 1 aliphatic heterocycles. The third-order valence-electron chi connectivity index (χ3n) is 4.22. The van der Waals surface area contributed by atoms with Crippen LogP contribution in [0.25, 0.3) is 0 Å². The Labute approximate surface area is 134 Å². The van der Waals surface area contributed by atoms with Crippen molar-refractivity contribution in [1.29, 1.82) is 0 Å². The predicted octanol–water partition coefficient (Wildman–Crippen LogP) is 1.52. The fourth-order valence-corrected chi connectivity index (χ4v) is 2.89. The molecule has 0 spiro atoms. The first kappa shape index (κ1) is 15.3. The number of aromatic nitrogens is 2. The van der Waals surface area contributed by atoms with Gasteiger partial charge in [0.05, 0.1) is 11.8 Å². The Kier molecular flexibility index (Phi) is 3.90. The van der Waals surface area contributed by atoms with Crippen molar-refractivity contribution in [2.45, 2.75) is 38.9 Å². The molecule has 0 unspecified atom stereocenters. The van der Waals surface area contributed by atoms with Gasteiger partial charge in [0, 0.05) is 25.2 Å². The van der Waals surface area contributed by atoms with Crippen molar-refractivity contribution in [3.05, 3.63) is 53.3 Å². The second-order valence-electron chi connectivity index (χ2n) is 6.13. The molecule has 1 aliphatic rings. The van der Waals surface area contributed by atoms with E-state index in [0.717, 1.165) is 11.1 Å². The van der Waals surface area contributed by atoms with Gasteiger partial charge in [0.2, 0.25) is 5.91 Å². The number of carbonyl (C=O) groups is 2. The molecule has 1 atom stereocenters. The van der Waals surface area contributed by atoms with Crippen LogP contribution in [-0.4, -0.2) is 32.5 Å². The van der Waals surface area contributed by atoms with Crippen LogP contribution in [0.5, 0.6) is 0 Å². The zero-order valence-electron chi connectivity index (χ0n) is 13.3. The van der Waals surface area contributed by atoms with Gasteiger partial charge < -0.3 is 10.6 Å². The lowest BCUT2D eigenvalue weighted by atomic mass is 9.93. The van der Waals surface area contributed by atoms with Crippen molar-refractivity contribution in [3.63, 3.8) is 0 Å². The van der Waals surface area contributed by atoms with Gasteiger partial charge in [-0.2, -0.15) is 5.10 Å². The van der Waals surface area contributed by atoms with Crippen molar-refractivity contribution in [2.75, 3.05) is 0 Å². The van der Waals surface area contributed by atoms with Crippen LogP contribution >= 0.6 is 0 Å². The van der Waals surface area contributed by atoms with E-state index < -0.39 is 11.9 Å². The maximum Gasteiger partial charge on any atom is 0.258 e. The molecule has 0 radical (unpaired) electrons. The standard InChI is InChI=1S/C17H20N4O2/c1-11(2)21-10-14(8-19-21)17(23)20-9-13-6-4-3-5-12(13)7-15(20)16(18)22/h3-6,8,10-11,15H,7,9H2,1-2H3,(H2,18,22)/t15-/m0/s1. The minimum atomic E-state index is -0.625. The average molecular weight is 312 g/mol. The molecule has 0 bridgehead atoms. The molecule has 1 aromatic heterocycles. The molecule has 23 heavy (non-hydrogen) atoms. The molecule has 6 heteroatoms. The van der Waals surface area contributed by atoms with E-state index in [9.17, 15) is 9.59 Å². The Morgan fingerprint density at radius 1 is 1.26 bits per heavy atom. The van der Waals surface area contributed by atoms with Crippen molar-refractivity contribution < 1.29 is 9.59 Å². The first-order valence-electron chi connectivity index (χ1n) is 7.68. The predicted molar refractivity (Wildman–Crippen MR) is 85.6 cm³/mol. The lowest BCUT2D eigenvalue weighted by Gasteiger charge is -2.34. The number of fused-ring (bicyclic) bond motifs is 1. The number of rotatable bonds is 3. The van der Waals surface area contributed by atoms with E-state index >= 15 is 0 Å². The summed E-state index contributed by atoms with van der Waals surface area (Å²) in [5.41, 5.74) is 8.12. The number of amides is 2. The number of benzene rings is 1. The molecular weight excluding hydrogens is 292 g/mol. The van der Waals surface area contributed by atoms with Crippen LogP contribution in [0.1, 0.15) is 41.4 Å². The van der Waals surface area contributed by atoms with E-state index in [0.29, 0.717) is 18.5 Å². The Hall–Kier alpha value is -2.63. The maximum atomic E-state index is 12.8.